The Kier molecular flexibility index (Phi) is 7.67. The molecular formula is C26H30N4O3S. The van der Waals surface area contributed by atoms with Gasteiger partial charge in [0.25, 0.3) is 0 Å². The summed E-state index contributed by atoms with van der Waals surface area (Å²) in [5.74, 6) is 1.97. The summed E-state index contributed by atoms with van der Waals surface area (Å²) in [4.78, 5) is 24.4. The second-order valence-electron chi connectivity index (χ2n) is 8.59. The van der Waals surface area contributed by atoms with Crippen LogP contribution in [-0.2, 0) is 4.79 Å². The zero-order chi connectivity index (χ0) is 24.1. The van der Waals surface area contributed by atoms with Crippen LogP contribution in [0, 0.1) is 0 Å². The van der Waals surface area contributed by atoms with E-state index in [9.17, 15) is 9.59 Å². The summed E-state index contributed by atoms with van der Waals surface area (Å²) in [6.07, 6.45) is 5.86. The number of amides is 1. The van der Waals surface area contributed by atoms with E-state index in [1.807, 2.05) is 31.2 Å². The quantitative estimate of drug-likeness (QED) is 0.333. The number of Topliss-reactive ketones (excluding diaryl/α,β-unsaturated/α-hetero) is 1. The molecule has 2 aromatic carbocycles. The Labute approximate surface area is 204 Å². The van der Waals surface area contributed by atoms with E-state index in [4.69, 9.17) is 4.74 Å². The average molecular weight is 479 g/mol. The lowest BCUT2D eigenvalue weighted by atomic mass is 9.88. The number of nitrogens with zero attached hydrogens (tertiary/aromatic N) is 3. The molecule has 0 aliphatic heterocycles. The Morgan fingerprint density at radius 2 is 1.71 bits per heavy atom. The van der Waals surface area contributed by atoms with E-state index in [1.165, 1.54) is 37.9 Å². The summed E-state index contributed by atoms with van der Waals surface area (Å²) in [5, 5.41) is 12.3. The molecule has 4 rings (SSSR count). The Hall–Kier alpha value is -3.13. The number of aromatic nitrogens is 3. The van der Waals surface area contributed by atoms with Gasteiger partial charge in [0.15, 0.2) is 10.9 Å². The molecule has 8 heteroatoms. The first-order valence-electron chi connectivity index (χ1n) is 11.6. The second kappa shape index (κ2) is 10.9. The van der Waals surface area contributed by atoms with Gasteiger partial charge < -0.3 is 10.1 Å². The lowest BCUT2D eigenvalue weighted by Gasteiger charge is -2.22. The minimum absolute atomic E-state index is 0.00608. The van der Waals surface area contributed by atoms with Crippen LogP contribution in [-0.4, -0.2) is 38.8 Å². The number of carbonyl (C=O) groups excluding carboxylic acids is 2. The van der Waals surface area contributed by atoms with E-state index in [-0.39, 0.29) is 11.7 Å². The Balaban J connectivity index is 1.55. The number of anilines is 1. The van der Waals surface area contributed by atoms with Gasteiger partial charge in [-0.3, -0.25) is 14.2 Å². The Bertz CT molecular complexity index is 1140. The summed E-state index contributed by atoms with van der Waals surface area (Å²) in [7, 11) is 1.65. The van der Waals surface area contributed by atoms with Crippen LogP contribution < -0.4 is 10.1 Å². The van der Waals surface area contributed by atoms with Crippen molar-refractivity contribution < 1.29 is 14.3 Å². The molecule has 3 aromatic rings. The van der Waals surface area contributed by atoms with Crippen molar-refractivity contribution in [3.05, 3.63) is 59.9 Å². The molecule has 1 N–H and O–H groups in total. The zero-order valence-corrected chi connectivity index (χ0v) is 20.6. The van der Waals surface area contributed by atoms with Crippen LogP contribution in [0.25, 0.3) is 5.69 Å². The van der Waals surface area contributed by atoms with Gasteiger partial charge >= 0.3 is 0 Å². The third-order valence-corrected chi connectivity index (χ3v) is 7.21. The number of hydrogen-bond donors (Lipinski definition) is 1. The molecule has 1 aliphatic rings. The van der Waals surface area contributed by atoms with E-state index in [1.54, 1.807) is 31.4 Å². The van der Waals surface area contributed by atoms with Gasteiger partial charge in [0.2, 0.25) is 5.91 Å². The van der Waals surface area contributed by atoms with Crippen molar-refractivity contribution in [2.75, 3.05) is 12.4 Å². The van der Waals surface area contributed by atoms with Crippen LogP contribution >= 0.6 is 11.8 Å². The van der Waals surface area contributed by atoms with Crippen molar-refractivity contribution in [1.82, 2.24) is 14.8 Å². The van der Waals surface area contributed by atoms with Gasteiger partial charge in [0.05, 0.1) is 12.4 Å². The molecule has 1 atom stereocenters. The number of nitrogens with one attached hydrogen (secondary N) is 1. The molecule has 7 nitrogen and oxygen atoms in total. The molecule has 1 aromatic heterocycles. The number of carbonyl (C=O) groups is 2. The highest BCUT2D eigenvalue weighted by Gasteiger charge is 2.26. The van der Waals surface area contributed by atoms with E-state index in [2.05, 4.69) is 20.1 Å². The van der Waals surface area contributed by atoms with Crippen molar-refractivity contribution in [1.29, 1.82) is 0 Å². The molecular weight excluding hydrogens is 448 g/mol. The highest BCUT2D eigenvalue weighted by atomic mass is 32.2. The summed E-state index contributed by atoms with van der Waals surface area (Å²) >= 11 is 1.39. The standard InChI is InChI=1S/C26H30N4O3S/c1-17(31)19-9-11-21(12-10-19)27-25(32)18(2)34-26-29-28-24(20-7-5-4-6-8-20)30(26)22-13-15-23(33-3)16-14-22/h9-16,18,20H,4-8H2,1-3H3,(H,27,32)/t18-/m0/s1. The van der Waals surface area contributed by atoms with Gasteiger partial charge in [0, 0.05) is 22.9 Å². The third kappa shape index (κ3) is 5.50. The van der Waals surface area contributed by atoms with E-state index in [0.29, 0.717) is 22.3 Å². The Morgan fingerprint density at radius 1 is 1.03 bits per heavy atom. The van der Waals surface area contributed by atoms with Crippen molar-refractivity contribution in [3.63, 3.8) is 0 Å². The first-order valence-corrected chi connectivity index (χ1v) is 12.5. The fourth-order valence-electron chi connectivity index (χ4n) is 4.20. The molecule has 34 heavy (non-hydrogen) atoms. The van der Waals surface area contributed by atoms with Crippen molar-refractivity contribution in [2.45, 2.75) is 62.3 Å². The van der Waals surface area contributed by atoms with Gasteiger partial charge in [-0.05, 0) is 75.2 Å². The SMILES string of the molecule is COc1ccc(-n2c(S[C@@H](C)C(=O)Nc3ccc(C(C)=O)cc3)nnc2C2CCCCC2)cc1. The number of hydrogen-bond acceptors (Lipinski definition) is 6. The average Bonchev–Trinajstić information content (AvgIpc) is 3.28. The zero-order valence-electron chi connectivity index (χ0n) is 19.8. The molecule has 0 unspecified atom stereocenters. The van der Waals surface area contributed by atoms with Gasteiger partial charge in [-0.15, -0.1) is 10.2 Å². The molecule has 1 fully saturated rings. The second-order valence-corrected chi connectivity index (χ2v) is 9.90. The normalized spacial score (nSPS) is 15.0. The lowest BCUT2D eigenvalue weighted by molar-refractivity contribution is -0.115. The highest BCUT2D eigenvalue weighted by Crippen LogP contribution is 2.36. The lowest BCUT2D eigenvalue weighted by Crippen LogP contribution is -2.23. The summed E-state index contributed by atoms with van der Waals surface area (Å²) in [5.41, 5.74) is 2.23. The number of methoxy groups -OCH3 is 1. The number of ketones is 1. The van der Waals surface area contributed by atoms with Crippen LogP contribution in [0.1, 0.15) is 68.1 Å². The summed E-state index contributed by atoms with van der Waals surface area (Å²) in [6.45, 7) is 3.38. The van der Waals surface area contributed by atoms with Crippen LogP contribution in [0.3, 0.4) is 0 Å². The maximum absolute atomic E-state index is 12.9. The maximum atomic E-state index is 12.9. The van der Waals surface area contributed by atoms with Crippen molar-refractivity contribution >= 4 is 29.1 Å². The largest absolute Gasteiger partial charge is 0.497 e. The van der Waals surface area contributed by atoms with Crippen LogP contribution in [0.2, 0.25) is 0 Å². The van der Waals surface area contributed by atoms with Crippen molar-refractivity contribution in [3.8, 4) is 11.4 Å². The molecule has 0 spiro atoms. The minimum atomic E-state index is -0.395. The van der Waals surface area contributed by atoms with Crippen molar-refractivity contribution in [2.24, 2.45) is 0 Å². The topological polar surface area (TPSA) is 86.1 Å². The van der Waals surface area contributed by atoms with Crippen LogP contribution in [0.5, 0.6) is 5.75 Å². The molecule has 0 saturated heterocycles. The van der Waals surface area contributed by atoms with Gasteiger partial charge in [-0.1, -0.05) is 31.0 Å². The van der Waals surface area contributed by atoms with Crippen LogP contribution in [0.15, 0.2) is 53.7 Å². The third-order valence-electron chi connectivity index (χ3n) is 6.17. The van der Waals surface area contributed by atoms with E-state index < -0.39 is 5.25 Å². The molecule has 1 aliphatic carbocycles. The van der Waals surface area contributed by atoms with Gasteiger partial charge in [-0.25, -0.2) is 0 Å². The monoisotopic (exact) mass is 478 g/mol. The van der Waals surface area contributed by atoms with Gasteiger partial charge in [-0.2, -0.15) is 0 Å². The van der Waals surface area contributed by atoms with Gasteiger partial charge in [0.1, 0.15) is 11.6 Å². The predicted molar refractivity (Wildman–Crippen MR) is 134 cm³/mol. The Morgan fingerprint density at radius 3 is 2.32 bits per heavy atom. The number of rotatable bonds is 8. The minimum Gasteiger partial charge on any atom is -0.497 e. The molecule has 0 bridgehead atoms. The number of thioether (sulfide) groups is 1. The number of ether oxygens (including phenoxy) is 1. The van der Waals surface area contributed by atoms with E-state index in [0.717, 1.165) is 30.1 Å². The molecule has 1 saturated carbocycles. The molecule has 1 heterocycles. The fourth-order valence-corrected chi connectivity index (χ4v) is 5.08. The maximum Gasteiger partial charge on any atom is 0.237 e. The van der Waals surface area contributed by atoms with E-state index >= 15 is 0 Å². The summed E-state index contributed by atoms with van der Waals surface area (Å²) in [6, 6.07) is 14.8. The molecule has 178 valence electrons. The smallest absolute Gasteiger partial charge is 0.237 e. The first-order chi connectivity index (χ1) is 16.5. The number of benzene rings is 2. The fraction of sp³-hybridized carbons (Fsp3) is 0.385. The summed E-state index contributed by atoms with van der Waals surface area (Å²) < 4.78 is 7.41. The first kappa shape index (κ1) is 24.0. The predicted octanol–water partition coefficient (Wildman–Crippen LogP) is 5.65. The molecule has 1 amide bonds. The molecule has 0 radical (unpaired) electrons. The highest BCUT2D eigenvalue weighted by molar-refractivity contribution is 8.00. The van der Waals surface area contributed by atoms with Crippen LogP contribution in [0.4, 0.5) is 5.69 Å².